The van der Waals surface area contributed by atoms with Crippen molar-refractivity contribution >= 4 is 0 Å². The third kappa shape index (κ3) is 3.21. The van der Waals surface area contributed by atoms with Crippen LogP contribution in [-0.2, 0) is 18.3 Å². The van der Waals surface area contributed by atoms with Crippen molar-refractivity contribution < 1.29 is 0 Å². The van der Waals surface area contributed by atoms with Crippen LogP contribution in [0.4, 0.5) is 0 Å². The molecule has 2 aromatic heterocycles. The average molecular weight is 499 g/mol. The van der Waals surface area contributed by atoms with E-state index in [-0.39, 0.29) is 0 Å². The second-order valence-electron chi connectivity index (χ2n) is 10.6. The predicted octanol–water partition coefficient (Wildman–Crippen LogP) is 8.27. The number of pyridine rings is 2. The second kappa shape index (κ2) is 8.61. The van der Waals surface area contributed by atoms with Gasteiger partial charge >= 0.3 is 0 Å². The molecule has 0 aliphatic heterocycles. The van der Waals surface area contributed by atoms with Gasteiger partial charge < -0.3 is 0 Å². The van der Waals surface area contributed by atoms with Gasteiger partial charge in [-0.15, -0.1) is 0 Å². The van der Waals surface area contributed by atoms with Gasteiger partial charge in [0.25, 0.3) is 0 Å². The molecule has 0 saturated heterocycles. The Bertz CT molecular complexity index is 1720. The number of aromatic nitrogens is 2. The number of benzene rings is 4. The Hall–Kier alpha value is -4.82. The molecule has 4 aromatic carbocycles. The Morgan fingerprint density at radius 1 is 0.436 bits per heavy atom. The molecule has 0 atom stereocenters. The Kier molecular flexibility index (Phi) is 4.90. The van der Waals surface area contributed by atoms with Crippen molar-refractivity contribution in [3.05, 3.63) is 167 Å². The van der Waals surface area contributed by atoms with Gasteiger partial charge in [0.05, 0.1) is 5.41 Å². The molecule has 0 fully saturated rings. The molecule has 1 spiro atoms. The van der Waals surface area contributed by atoms with Crippen LogP contribution in [0.25, 0.3) is 33.4 Å². The molecule has 0 radical (unpaired) electrons. The Morgan fingerprint density at radius 2 is 0.923 bits per heavy atom. The van der Waals surface area contributed by atoms with Crippen LogP contribution in [0.2, 0.25) is 0 Å². The zero-order valence-corrected chi connectivity index (χ0v) is 21.5. The molecule has 0 saturated carbocycles. The molecule has 39 heavy (non-hydrogen) atoms. The molecule has 2 aliphatic rings. The van der Waals surface area contributed by atoms with Crippen molar-refractivity contribution in [3.63, 3.8) is 0 Å². The highest BCUT2D eigenvalue weighted by Gasteiger charge is 2.49. The fraction of sp³-hybridized carbons (Fsp3) is 0.0811. The van der Waals surface area contributed by atoms with Crippen molar-refractivity contribution in [1.82, 2.24) is 9.97 Å². The number of fused-ring (bicyclic) bond motifs is 9. The minimum atomic E-state index is -0.412. The standard InChI is InChI=1S/C37H26N2/c1-3-11-33-25(7-1)13-14-26-8-2-4-12-34(26)37(33)35-21-27(29-9-5-19-38-23-29)15-17-31(35)32-18-16-28(22-36(32)37)30-10-6-20-39-24-30/h1-12,15-24H,13-14H2. The van der Waals surface area contributed by atoms with Crippen molar-refractivity contribution in [3.8, 4) is 33.4 Å². The fourth-order valence-corrected chi connectivity index (χ4v) is 6.95. The number of aryl methyl sites for hydroxylation is 2. The van der Waals surface area contributed by atoms with Crippen LogP contribution in [0.5, 0.6) is 0 Å². The highest BCUT2D eigenvalue weighted by atomic mass is 14.6. The van der Waals surface area contributed by atoms with Crippen molar-refractivity contribution in [2.24, 2.45) is 0 Å². The zero-order chi connectivity index (χ0) is 25.8. The first-order chi connectivity index (χ1) is 19.3. The summed E-state index contributed by atoms with van der Waals surface area (Å²) < 4.78 is 0. The zero-order valence-electron chi connectivity index (χ0n) is 21.5. The molecule has 0 N–H and O–H groups in total. The lowest BCUT2D eigenvalue weighted by Crippen LogP contribution is -2.30. The summed E-state index contributed by atoms with van der Waals surface area (Å²) in [7, 11) is 0. The first kappa shape index (κ1) is 22.2. The van der Waals surface area contributed by atoms with E-state index in [4.69, 9.17) is 0 Å². The Balaban J connectivity index is 1.52. The smallest absolute Gasteiger partial charge is 0.0719 e. The van der Waals surface area contributed by atoms with E-state index >= 15 is 0 Å². The third-order valence-electron chi connectivity index (χ3n) is 8.63. The lowest BCUT2D eigenvalue weighted by Gasteiger charge is -2.35. The van der Waals surface area contributed by atoms with Gasteiger partial charge in [0.1, 0.15) is 0 Å². The van der Waals surface area contributed by atoms with Crippen LogP contribution >= 0.6 is 0 Å². The molecule has 0 unspecified atom stereocenters. The first-order valence-corrected chi connectivity index (χ1v) is 13.6. The molecule has 2 heteroatoms. The summed E-state index contributed by atoms with van der Waals surface area (Å²) in [4.78, 5) is 8.85. The van der Waals surface area contributed by atoms with Crippen LogP contribution in [0.15, 0.2) is 134 Å². The van der Waals surface area contributed by atoms with Crippen molar-refractivity contribution in [2.45, 2.75) is 18.3 Å². The Labute approximate surface area is 228 Å². The predicted molar refractivity (Wildman–Crippen MR) is 158 cm³/mol. The van der Waals surface area contributed by atoms with Gasteiger partial charge in [0.2, 0.25) is 0 Å². The van der Waals surface area contributed by atoms with Gasteiger partial charge in [-0.1, -0.05) is 84.9 Å². The summed E-state index contributed by atoms with van der Waals surface area (Å²) in [6.45, 7) is 0. The van der Waals surface area contributed by atoms with Gasteiger partial charge in [-0.3, -0.25) is 9.97 Å². The van der Waals surface area contributed by atoms with Gasteiger partial charge in [0, 0.05) is 24.8 Å². The summed E-state index contributed by atoms with van der Waals surface area (Å²) in [6.07, 6.45) is 9.67. The second-order valence-corrected chi connectivity index (χ2v) is 10.6. The monoisotopic (exact) mass is 498 g/mol. The highest BCUT2D eigenvalue weighted by Crippen LogP contribution is 2.59. The molecule has 2 nitrogen and oxygen atoms in total. The van der Waals surface area contributed by atoms with E-state index in [2.05, 4.69) is 107 Å². The van der Waals surface area contributed by atoms with E-state index < -0.39 is 5.41 Å². The largest absolute Gasteiger partial charge is 0.264 e. The lowest BCUT2D eigenvalue weighted by molar-refractivity contribution is 0.762. The minimum Gasteiger partial charge on any atom is -0.264 e. The normalized spacial score (nSPS) is 14.2. The van der Waals surface area contributed by atoms with Crippen LogP contribution in [0, 0.1) is 0 Å². The molecule has 8 rings (SSSR count). The lowest BCUT2D eigenvalue weighted by atomic mass is 9.65. The van der Waals surface area contributed by atoms with Gasteiger partial charge in [-0.25, -0.2) is 0 Å². The summed E-state index contributed by atoms with van der Waals surface area (Å²) in [5, 5.41) is 0. The topological polar surface area (TPSA) is 25.8 Å². The van der Waals surface area contributed by atoms with E-state index in [1.54, 1.807) is 0 Å². The van der Waals surface area contributed by atoms with Crippen molar-refractivity contribution in [2.75, 3.05) is 0 Å². The van der Waals surface area contributed by atoms with E-state index in [0.717, 1.165) is 24.0 Å². The molecule has 184 valence electrons. The van der Waals surface area contributed by atoms with E-state index in [1.165, 1.54) is 55.6 Å². The quantitative estimate of drug-likeness (QED) is 0.240. The maximum absolute atomic E-state index is 4.42. The van der Waals surface area contributed by atoms with Crippen LogP contribution in [0.3, 0.4) is 0 Å². The van der Waals surface area contributed by atoms with Crippen LogP contribution < -0.4 is 0 Å². The molecular formula is C37H26N2. The maximum atomic E-state index is 4.42. The SMILES string of the molecule is c1cncc(-c2ccc3c(c2)C2(c4ccccc4CCc4ccccc42)c2cc(-c4cccnc4)ccc2-3)c1. The molecule has 6 aromatic rings. The molecule has 2 aliphatic carbocycles. The summed E-state index contributed by atoms with van der Waals surface area (Å²) in [6, 6.07) is 40.5. The number of nitrogens with zero attached hydrogens (tertiary/aromatic N) is 2. The molecule has 2 heterocycles. The maximum Gasteiger partial charge on any atom is 0.0719 e. The van der Waals surface area contributed by atoms with Crippen LogP contribution in [-0.4, -0.2) is 9.97 Å². The minimum absolute atomic E-state index is 0.412. The van der Waals surface area contributed by atoms with Crippen molar-refractivity contribution in [1.29, 1.82) is 0 Å². The average Bonchev–Trinajstić information content (AvgIpc) is 3.21. The van der Waals surface area contributed by atoms with E-state index in [1.807, 2.05) is 36.9 Å². The van der Waals surface area contributed by atoms with Gasteiger partial charge in [-0.2, -0.15) is 0 Å². The molecule has 0 bridgehead atoms. The highest BCUT2D eigenvalue weighted by molar-refractivity contribution is 5.90. The summed E-state index contributed by atoms with van der Waals surface area (Å²) in [5.41, 5.74) is 15.2. The summed E-state index contributed by atoms with van der Waals surface area (Å²) in [5.74, 6) is 0. The van der Waals surface area contributed by atoms with Crippen LogP contribution in [0.1, 0.15) is 33.4 Å². The summed E-state index contributed by atoms with van der Waals surface area (Å²) >= 11 is 0. The number of rotatable bonds is 2. The van der Waals surface area contributed by atoms with E-state index in [9.17, 15) is 0 Å². The third-order valence-corrected chi connectivity index (χ3v) is 8.63. The molecule has 0 amide bonds. The molecular weight excluding hydrogens is 472 g/mol. The van der Waals surface area contributed by atoms with Gasteiger partial charge in [0.15, 0.2) is 0 Å². The number of hydrogen-bond donors (Lipinski definition) is 0. The van der Waals surface area contributed by atoms with Gasteiger partial charge in [-0.05, 0) is 104 Å². The fourth-order valence-electron chi connectivity index (χ4n) is 6.95. The van der Waals surface area contributed by atoms with E-state index in [0.29, 0.717) is 0 Å². The number of hydrogen-bond acceptors (Lipinski definition) is 2. The Morgan fingerprint density at radius 3 is 1.38 bits per heavy atom. The first-order valence-electron chi connectivity index (χ1n) is 13.6.